The van der Waals surface area contributed by atoms with Gasteiger partial charge in [-0.15, -0.1) is 5.10 Å². The molecule has 0 fully saturated rings. The third-order valence-electron chi connectivity index (χ3n) is 2.35. The van der Waals surface area contributed by atoms with Crippen LogP contribution in [0.1, 0.15) is 23.1 Å². The molecule has 2 rings (SSSR count). The van der Waals surface area contributed by atoms with Crippen LogP contribution >= 0.6 is 0 Å². The second-order valence-corrected chi connectivity index (χ2v) is 3.44. The Labute approximate surface area is 96.5 Å². The van der Waals surface area contributed by atoms with Gasteiger partial charge in [-0.1, -0.05) is 18.2 Å². The molecule has 6 heteroatoms. The van der Waals surface area contributed by atoms with Crippen molar-refractivity contribution < 1.29 is 14.3 Å². The molecule has 1 N–H and O–H groups in total. The molecule has 0 aliphatic rings. The summed E-state index contributed by atoms with van der Waals surface area (Å²) in [5.41, 5.74) is 0.807. The van der Waals surface area contributed by atoms with Gasteiger partial charge in [-0.05, 0) is 24.6 Å². The summed E-state index contributed by atoms with van der Waals surface area (Å²) in [7, 11) is 0. The molecule has 1 heterocycles. The highest BCUT2D eigenvalue weighted by Gasteiger charge is 2.18. The maximum absolute atomic E-state index is 13.1. The van der Waals surface area contributed by atoms with Crippen molar-refractivity contribution in [3.8, 4) is 5.69 Å². The summed E-state index contributed by atoms with van der Waals surface area (Å²) in [5, 5.41) is 16.2. The SMILES string of the molecule is CCc1c(C(=O)O)nnn1-c1cccc(F)c1. The van der Waals surface area contributed by atoms with E-state index in [9.17, 15) is 9.18 Å². The molecule has 0 radical (unpaired) electrons. The number of carboxylic acid groups (broad SMARTS) is 1. The van der Waals surface area contributed by atoms with Crippen LogP contribution in [0.15, 0.2) is 24.3 Å². The van der Waals surface area contributed by atoms with Crippen LogP contribution in [0.2, 0.25) is 0 Å². The van der Waals surface area contributed by atoms with E-state index in [-0.39, 0.29) is 5.69 Å². The van der Waals surface area contributed by atoms with Gasteiger partial charge in [-0.25, -0.2) is 13.9 Å². The van der Waals surface area contributed by atoms with Crippen molar-refractivity contribution >= 4 is 5.97 Å². The number of carboxylic acids is 1. The molecule has 1 aromatic heterocycles. The molecule has 0 saturated heterocycles. The molecule has 17 heavy (non-hydrogen) atoms. The number of hydrogen-bond acceptors (Lipinski definition) is 3. The number of benzene rings is 1. The first-order chi connectivity index (χ1) is 8.13. The minimum absolute atomic E-state index is 0.100. The zero-order valence-corrected chi connectivity index (χ0v) is 9.09. The van der Waals surface area contributed by atoms with Gasteiger partial charge in [0.05, 0.1) is 11.4 Å². The number of nitrogens with zero attached hydrogens (tertiary/aromatic N) is 3. The van der Waals surface area contributed by atoms with Crippen LogP contribution in [0.3, 0.4) is 0 Å². The van der Waals surface area contributed by atoms with Crippen LogP contribution in [0.25, 0.3) is 5.69 Å². The summed E-state index contributed by atoms with van der Waals surface area (Å²) >= 11 is 0. The Bertz CT molecular complexity index is 566. The molecule has 0 saturated carbocycles. The maximum Gasteiger partial charge on any atom is 0.358 e. The number of aromatic nitrogens is 3. The molecule has 0 bridgehead atoms. The van der Waals surface area contributed by atoms with E-state index < -0.39 is 11.8 Å². The van der Waals surface area contributed by atoms with Gasteiger partial charge in [-0.3, -0.25) is 0 Å². The lowest BCUT2D eigenvalue weighted by Gasteiger charge is -2.04. The van der Waals surface area contributed by atoms with Crippen molar-refractivity contribution in [3.05, 3.63) is 41.5 Å². The van der Waals surface area contributed by atoms with Crippen LogP contribution in [0.5, 0.6) is 0 Å². The highest BCUT2D eigenvalue weighted by atomic mass is 19.1. The van der Waals surface area contributed by atoms with E-state index in [0.29, 0.717) is 17.8 Å². The van der Waals surface area contributed by atoms with Crippen molar-refractivity contribution in [2.24, 2.45) is 0 Å². The summed E-state index contributed by atoms with van der Waals surface area (Å²) in [4.78, 5) is 10.9. The topological polar surface area (TPSA) is 68.0 Å². The Balaban J connectivity index is 2.56. The first kappa shape index (κ1) is 11.3. The van der Waals surface area contributed by atoms with Crippen LogP contribution in [0, 0.1) is 5.82 Å². The molecular formula is C11H10FN3O2. The van der Waals surface area contributed by atoms with Crippen LogP contribution < -0.4 is 0 Å². The van der Waals surface area contributed by atoms with Crippen molar-refractivity contribution in [3.63, 3.8) is 0 Å². The predicted molar refractivity (Wildman–Crippen MR) is 57.7 cm³/mol. The Hall–Kier alpha value is -2.24. The third-order valence-corrected chi connectivity index (χ3v) is 2.35. The van der Waals surface area contributed by atoms with Gasteiger partial charge in [0.15, 0.2) is 5.69 Å². The fraction of sp³-hybridized carbons (Fsp3) is 0.182. The van der Waals surface area contributed by atoms with Crippen LogP contribution in [-0.4, -0.2) is 26.1 Å². The van der Waals surface area contributed by atoms with E-state index in [2.05, 4.69) is 10.3 Å². The van der Waals surface area contributed by atoms with Crippen molar-refractivity contribution in [1.29, 1.82) is 0 Å². The van der Waals surface area contributed by atoms with E-state index in [1.165, 1.54) is 22.9 Å². The summed E-state index contributed by atoms with van der Waals surface area (Å²) in [6.45, 7) is 1.79. The fourth-order valence-electron chi connectivity index (χ4n) is 1.60. The monoisotopic (exact) mass is 235 g/mol. The molecule has 0 amide bonds. The minimum Gasteiger partial charge on any atom is -0.476 e. The molecule has 0 aliphatic heterocycles. The minimum atomic E-state index is -1.13. The molecule has 0 unspecified atom stereocenters. The Morgan fingerprint density at radius 1 is 1.53 bits per heavy atom. The lowest BCUT2D eigenvalue weighted by molar-refractivity contribution is 0.0689. The largest absolute Gasteiger partial charge is 0.476 e. The smallest absolute Gasteiger partial charge is 0.358 e. The van der Waals surface area contributed by atoms with E-state index in [1.807, 2.05) is 0 Å². The summed E-state index contributed by atoms with van der Waals surface area (Å²) in [6, 6.07) is 5.76. The van der Waals surface area contributed by atoms with Crippen molar-refractivity contribution in [2.75, 3.05) is 0 Å². The first-order valence-corrected chi connectivity index (χ1v) is 5.07. The standard InChI is InChI=1S/C11H10FN3O2/c1-2-9-10(11(16)17)13-14-15(9)8-5-3-4-7(12)6-8/h3-6H,2H2,1H3,(H,16,17). The van der Waals surface area contributed by atoms with Crippen molar-refractivity contribution in [2.45, 2.75) is 13.3 Å². The first-order valence-electron chi connectivity index (χ1n) is 5.07. The quantitative estimate of drug-likeness (QED) is 0.878. The van der Waals surface area contributed by atoms with E-state index >= 15 is 0 Å². The lowest BCUT2D eigenvalue weighted by Crippen LogP contribution is -2.06. The zero-order chi connectivity index (χ0) is 12.4. The average molecular weight is 235 g/mol. The highest BCUT2D eigenvalue weighted by molar-refractivity contribution is 5.86. The number of carbonyl (C=O) groups is 1. The Kier molecular flexibility index (Phi) is 2.86. The summed E-state index contributed by atoms with van der Waals surface area (Å²) in [5.74, 6) is -1.54. The molecule has 0 aliphatic carbocycles. The predicted octanol–water partition coefficient (Wildman–Crippen LogP) is 1.67. The van der Waals surface area contributed by atoms with Crippen LogP contribution in [0.4, 0.5) is 4.39 Å². The van der Waals surface area contributed by atoms with Gasteiger partial charge < -0.3 is 5.11 Å². The highest BCUT2D eigenvalue weighted by Crippen LogP contribution is 2.14. The van der Waals surface area contributed by atoms with Gasteiger partial charge in [-0.2, -0.15) is 0 Å². The molecule has 5 nitrogen and oxygen atoms in total. The van der Waals surface area contributed by atoms with E-state index in [4.69, 9.17) is 5.11 Å². The number of rotatable bonds is 3. The third kappa shape index (κ3) is 2.01. The molecule has 0 atom stereocenters. The second kappa shape index (κ2) is 4.32. The average Bonchev–Trinajstić information content (AvgIpc) is 2.72. The van der Waals surface area contributed by atoms with Gasteiger partial charge in [0, 0.05) is 0 Å². The number of hydrogen-bond donors (Lipinski definition) is 1. The molecule has 2 aromatic rings. The fourth-order valence-corrected chi connectivity index (χ4v) is 1.60. The van der Waals surface area contributed by atoms with Gasteiger partial charge in [0.1, 0.15) is 5.82 Å². The molecule has 0 spiro atoms. The summed E-state index contributed by atoms with van der Waals surface area (Å²) < 4.78 is 14.4. The zero-order valence-electron chi connectivity index (χ0n) is 9.09. The lowest BCUT2D eigenvalue weighted by atomic mass is 10.2. The maximum atomic E-state index is 13.1. The van der Waals surface area contributed by atoms with E-state index in [0.717, 1.165) is 0 Å². The summed E-state index contributed by atoms with van der Waals surface area (Å²) in [6.07, 6.45) is 0.450. The van der Waals surface area contributed by atoms with Crippen LogP contribution in [-0.2, 0) is 6.42 Å². The Morgan fingerprint density at radius 2 is 2.29 bits per heavy atom. The van der Waals surface area contributed by atoms with E-state index in [1.54, 1.807) is 13.0 Å². The van der Waals surface area contributed by atoms with Gasteiger partial charge >= 0.3 is 5.97 Å². The van der Waals surface area contributed by atoms with Gasteiger partial charge in [0.2, 0.25) is 0 Å². The molecule has 1 aromatic carbocycles. The van der Waals surface area contributed by atoms with Gasteiger partial charge in [0.25, 0.3) is 0 Å². The normalized spacial score (nSPS) is 10.5. The van der Waals surface area contributed by atoms with Crippen molar-refractivity contribution in [1.82, 2.24) is 15.0 Å². The molecule has 88 valence electrons. The Morgan fingerprint density at radius 3 is 2.88 bits per heavy atom. The second-order valence-electron chi connectivity index (χ2n) is 3.44. The number of halogens is 1. The molecular weight excluding hydrogens is 225 g/mol. The number of aromatic carboxylic acids is 1.